The number of carbonyl (C=O) groups is 2. The molecule has 0 saturated carbocycles. The predicted octanol–water partition coefficient (Wildman–Crippen LogP) is 4.16. The molecule has 210 valence electrons. The lowest BCUT2D eigenvalue weighted by atomic mass is 9.88. The maximum absolute atomic E-state index is 13.3. The first-order chi connectivity index (χ1) is 18.3. The fraction of sp³-hybridized carbons (Fsp3) is 0.483. The lowest BCUT2D eigenvalue weighted by molar-refractivity contribution is -0.132. The first-order valence-electron chi connectivity index (χ1n) is 13.0. The standard InChI is InChI=1S/C29H37N3O6S/c1-20(2)39(35,36)25-12-10-23(11-13-25)22-8-6-21(7-9-22)18-24(19-30)31-26(33)29(14-16-37-17-15-29)32-27(34)38-28(3,4)5/h6-13,20,24H,14-18H2,1-5H3,(H,31,33)(H,32,34). The molecule has 0 spiro atoms. The van der Waals surface area contributed by atoms with Gasteiger partial charge in [-0.15, -0.1) is 0 Å². The number of carbonyl (C=O) groups excluding carboxylic acids is 2. The van der Waals surface area contributed by atoms with E-state index in [4.69, 9.17) is 9.47 Å². The van der Waals surface area contributed by atoms with Gasteiger partial charge in [0.15, 0.2) is 9.84 Å². The van der Waals surface area contributed by atoms with E-state index in [2.05, 4.69) is 16.7 Å². The highest BCUT2D eigenvalue weighted by Gasteiger charge is 2.43. The number of nitrogens with one attached hydrogen (secondary N) is 2. The average Bonchev–Trinajstić information content (AvgIpc) is 2.88. The zero-order chi connectivity index (χ0) is 28.8. The van der Waals surface area contributed by atoms with E-state index in [1.165, 1.54) is 0 Å². The minimum absolute atomic E-state index is 0.266. The maximum Gasteiger partial charge on any atom is 0.408 e. The smallest absolute Gasteiger partial charge is 0.408 e. The van der Waals surface area contributed by atoms with E-state index in [0.717, 1.165) is 16.7 Å². The third-order valence-electron chi connectivity index (χ3n) is 6.51. The number of hydrogen-bond donors (Lipinski definition) is 2. The van der Waals surface area contributed by atoms with Crippen molar-refractivity contribution in [1.82, 2.24) is 10.6 Å². The van der Waals surface area contributed by atoms with E-state index in [9.17, 15) is 23.3 Å². The van der Waals surface area contributed by atoms with Crippen LogP contribution in [0.1, 0.15) is 53.0 Å². The number of sulfone groups is 1. The van der Waals surface area contributed by atoms with Gasteiger partial charge < -0.3 is 20.1 Å². The molecule has 1 unspecified atom stereocenters. The van der Waals surface area contributed by atoms with Gasteiger partial charge in [-0.3, -0.25) is 4.79 Å². The van der Waals surface area contributed by atoms with Crippen LogP contribution in [-0.2, 0) is 30.5 Å². The van der Waals surface area contributed by atoms with Gasteiger partial charge >= 0.3 is 6.09 Å². The van der Waals surface area contributed by atoms with Crippen LogP contribution in [0.2, 0.25) is 0 Å². The number of benzene rings is 2. The van der Waals surface area contributed by atoms with Crippen LogP contribution >= 0.6 is 0 Å². The van der Waals surface area contributed by atoms with Crippen molar-refractivity contribution in [2.24, 2.45) is 0 Å². The molecule has 0 bridgehead atoms. The molecule has 1 saturated heterocycles. The van der Waals surface area contributed by atoms with Crippen LogP contribution in [-0.4, -0.2) is 56.1 Å². The van der Waals surface area contributed by atoms with Gasteiger partial charge in [-0.2, -0.15) is 5.26 Å². The zero-order valence-electron chi connectivity index (χ0n) is 23.1. The second kappa shape index (κ2) is 12.2. The van der Waals surface area contributed by atoms with E-state index in [0.29, 0.717) is 13.2 Å². The fourth-order valence-electron chi connectivity index (χ4n) is 4.23. The molecule has 1 aliphatic rings. The lowest BCUT2D eigenvalue weighted by Gasteiger charge is -2.37. The van der Waals surface area contributed by atoms with Crippen molar-refractivity contribution < 1.29 is 27.5 Å². The Morgan fingerprint density at radius 2 is 1.56 bits per heavy atom. The van der Waals surface area contributed by atoms with Crippen molar-refractivity contribution in [3.63, 3.8) is 0 Å². The Morgan fingerprint density at radius 1 is 1.03 bits per heavy atom. The normalized spacial score (nSPS) is 16.1. The number of amides is 2. The molecule has 9 nitrogen and oxygen atoms in total. The highest BCUT2D eigenvalue weighted by molar-refractivity contribution is 7.92. The Morgan fingerprint density at radius 3 is 2.05 bits per heavy atom. The second-order valence-electron chi connectivity index (χ2n) is 11.0. The number of rotatable bonds is 8. The van der Waals surface area contributed by atoms with Crippen LogP contribution in [0.5, 0.6) is 0 Å². The molecule has 1 heterocycles. The highest BCUT2D eigenvalue weighted by Crippen LogP contribution is 2.25. The van der Waals surface area contributed by atoms with E-state index in [-0.39, 0.29) is 24.2 Å². The van der Waals surface area contributed by atoms with E-state index in [1.807, 2.05) is 24.3 Å². The lowest BCUT2D eigenvalue weighted by Crippen LogP contribution is -2.63. The topological polar surface area (TPSA) is 135 Å². The number of hydrogen-bond acceptors (Lipinski definition) is 7. The molecule has 1 fully saturated rings. The predicted molar refractivity (Wildman–Crippen MR) is 148 cm³/mol. The van der Waals surface area contributed by atoms with Gasteiger partial charge in [-0.05, 0) is 63.4 Å². The van der Waals surface area contributed by atoms with Gasteiger partial charge in [0.25, 0.3) is 0 Å². The molecule has 0 radical (unpaired) electrons. The van der Waals surface area contributed by atoms with Crippen molar-refractivity contribution in [2.45, 2.75) is 81.2 Å². The number of nitriles is 1. The summed E-state index contributed by atoms with van der Waals surface area (Å²) in [6.07, 6.45) is 0.107. The van der Waals surface area contributed by atoms with E-state index >= 15 is 0 Å². The minimum Gasteiger partial charge on any atom is -0.444 e. The monoisotopic (exact) mass is 555 g/mol. The molecule has 0 aliphatic carbocycles. The van der Waals surface area contributed by atoms with Gasteiger partial charge in [0.1, 0.15) is 17.2 Å². The summed E-state index contributed by atoms with van der Waals surface area (Å²) in [4.78, 5) is 26.1. The third kappa shape index (κ3) is 7.80. The molecule has 2 aromatic rings. The first-order valence-corrected chi connectivity index (χ1v) is 14.5. The third-order valence-corrected chi connectivity index (χ3v) is 8.68. The Balaban J connectivity index is 1.68. The summed E-state index contributed by atoms with van der Waals surface area (Å²) >= 11 is 0. The molecule has 0 aromatic heterocycles. The molecule has 1 aliphatic heterocycles. The van der Waals surface area contributed by atoms with Crippen LogP contribution < -0.4 is 10.6 Å². The second-order valence-corrected chi connectivity index (χ2v) is 13.5. The molecule has 2 amide bonds. The number of alkyl carbamates (subject to hydrolysis) is 1. The molecule has 2 aromatic carbocycles. The molecular formula is C29H37N3O6S. The Labute approximate surface area is 230 Å². The number of nitrogens with zero attached hydrogens (tertiary/aromatic N) is 1. The Bertz CT molecular complexity index is 1300. The van der Waals surface area contributed by atoms with E-state index < -0.39 is 44.3 Å². The van der Waals surface area contributed by atoms with Crippen molar-refractivity contribution in [2.75, 3.05) is 13.2 Å². The average molecular weight is 556 g/mol. The maximum atomic E-state index is 13.3. The highest BCUT2D eigenvalue weighted by atomic mass is 32.2. The SMILES string of the molecule is CC(C)S(=O)(=O)c1ccc(-c2ccc(CC(C#N)NC(=O)C3(NC(=O)OC(C)(C)C)CCOCC3)cc2)cc1. The van der Waals surface area contributed by atoms with Crippen LogP contribution in [0.4, 0.5) is 4.79 Å². The van der Waals surface area contributed by atoms with Gasteiger partial charge in [-0.25, -0.2) is 13.2 Å². The fourth-order valence-corrected chi connectivity index (χ4v) is 5.29. The van der Waals surface area contributed by atoms with Crippen LogP contribution in [0.3, 0.4) is 0 Å². The van der Waals surface area contributed by atoms with Crippen molar-refractivity contribution in [1.29, 1.82) is 5.26 Å². The summed E-state index contributed by atoms with van der Waals surface area (Å²) < 4.78 is 35.5. The summed E-state index contributed by atoms with van der Waals surface area (Å²) in [7, 11) is -3.34. The summed E-state index contributed by atoms with van der Waals surface area (Å²) in [5, 5.41) is 14.8. The van der Waals surface area contributed by atoms with Gasteiger partial charge in [0.2, 0.25) is 5.91 Å². The largest absolute Gasteiger partial charge is 0.444 e. The first kappa shape index (κ1) is 30.1. The minimum atomic E-state index is -3.34. The summed E-state index contributed by atoms with van der Waals surface area (Å²) in [6, 6.07) is 15.6. The van der Waals surface area contributed by atoms with Crippen molar-refractivity contribution in [3.05, 3.63) is 54.1 Å². The van der Waals surface area contributed by atoms with Crippen molar-refractivity contribution >= 4 is 21.8 Å². The number of ether oxygens (including phenoxy) is 2. The summed E-state index contributed by atoms with van der Waals surface area (Å²) in [5.41, 5.74) is 0.652. The van der Waals surface area contributed by atoms with E-state index in [1.54, 1.807) is 58.9 Å². The van der Waals surface area contributed by atoms with Gasteiger partial charge in [0.05, 0.1) is 16.2 Å². The van der Waals surface area contributed by atoms with Crippen molar-refractivity contribution in [3.8, 4) is 17.2 Å². The molecule has 1 atom stereocenters. The summed E-state index contributed by atoms with van der Waals surface area (Å²) in [6.45, 7) is 9.13. The van der Waals surface area contributed by atoms with Crippen LogP contribution in [0, 0.1) is 11.3 Å². The molecule has 39 heavy (non-hydrogen) atoms. The molecular weight excluding hydrogens is 518 g/mol. The zero-order valence-corrected chi connectivity index (χ0v) is 23.9. The molecule has 10 heteroatoms. The van der Waals surface area contributed by atoms with Crippen LogP contribution in [0.25, 0.3) is 11.1 Å². The van der Waals surface area contributed by atoms with Crippen LogP contribution in [0.15, 0.2) is 53.4 Å². The Hall–Kier alpha value is -3.42. The quantitative estimate of drug-likeness (QED) is 0.499. The molecule has 3 rings (SSSR count). The molecule has 2 N–H and O–H groups in total. The van der Waals surface area contributed by atoms with Gasteiger partial charge in [-0.1, -0.05) is 36.4 Å². The van der Waals surface area contributed by atoms with Gasteiger partial charge in [0, 0.05) is 32.5 Å². The summed E-state index contributed by atoms with van der Waals surface area (Å²) in [5.74, 6) is -0.448. The Kier molecular flexibility index (Phi) is 9.41.